The van der Waals surface area contributed by atoms with E-state index in [1.165, 1.54) is 17.0 Å². The van der Waals surface area contributed by atoms with Gasteiger partial charge < -0.3 is 10.2 Å². The molecule has 3 rings (SSSR count). The van der Waals surface area contributed by atoms with Crippen molar-refractivity contribution in [3.05, 3.63) is 96.1 Å². The minimum Gasteiger partial charge on any atom is -0.354 e. The van der Waals surface area contributed by atoms with Crippen LogP contribution in [0.15, 0.2) is 89.8 Å². The van der Waals surface area contributed by atoms with Crippen molar-refractivity contribution in [3.63, 3.8) is 0 Å². The van der Waals surface area contributed by atoms with Crippen molar-refractivity contribution in [2.75, 3.05) is 23.9 Å². The molecule has 3 aromatic rings. The van der Waals surface area contributed by atoms with Crippen LogP contribution in [0, 0.1) is 6.92 Å². The zero-order valence-electron chi connectivity index (χ0n) is 22.3. The van der Waals surface area contributed by atoms with Gasteiger partial charge in [0.15, 0.2) is 0 Å². The van der Waals surface area contributed by atoms with E-state index in [0.29, 0.717) is 18.7 Å². The molecule has 1 N–H and O–H groups in total. The van der Waals surface area contributed by atoms with Crippen LogP contribution in [0.25, 0.3) is 0 Å². The Morgan fingerprint density at radius 3 is 2.11 bits per heavy atom. The van der Waals surface area contributed by atoms with Gasteiger partial charge in [-0.3, -0.25) is 13.9 Å². The first-order chi connectivity index (χ1) is 18.2. The molecule has 8 heteroatoms. The SMILES string of the molecule is CCCCNC(=O)C(C)N(CCc1ccccc1)C(=O)CN(c1ccc(C)cc1)S(=O)(=O)c1ccccc1. The number of rotatable bonds is 13. The lowest BCUT2D eigenvalue weighted by Crippen LogP contribution is -2.52. The van der Waals surface area contributed by atoms with Gasteiger partial charge in [-0.15, -0.1) is 0 Å². The summed E-state index contributed by atoms with van der Waals surface area (Å²) in [4.78, 5) is 28.3. The van der Waals surface area contributed by atoms with E-state index in [4.69, 9.17) is 0 Å². The van der Waals surface area contributed by atoms with E-state index in [0.717, 1.165) is 28.3 Å². The lowest BCUT2D eigenvalue weighted by atomic mass is 10.1. The summed E-state index contributed by atoms with van der Waals surface area (Å²) < 4.78 is 28.5. The number of sulfonamides is 1. The third kappa shape index (κ3) is 7.68. The van der Waals surface area contributed by atoms with Crippen molar-refractivity contribution in [3.8, 4) is 0 Å². The third-order valence-corrected chi connectivity index (χ3v) is 8.20. The molecule has 0 saturated heterocycles. The molecular weight excluding hydrogens is 498 g/mol. The monoisotopic (exact) mass is 535 g/mol. The summed E-state index contributed by atoms with van der Waals surface area (Å²) in [5, 5.41) is 2.90. The largest absolute Gasteiger partial charge is 0.354 e. The summed E-state index contributed by atoms with van der Waals surface area (Å²) in [6.07, 6.45) is 2.32. The minimum atomic E-state index is -4.04. The molecule has 0 bridgehead atoms. The van der Waals surface area contributed by atoms with Gasteiger partial charge in [-0.05, 0) is 56.5 Å². The average molecular weight is 536 g/mol. The van der Waals surface area contributed by atoms with Crippen LogP contribution in [0.3, 0.4) is 0 Å². The average Bonchev–Trinajstić information content (AvgIpc) is 2.93. The lowest BCUT2D eigenvalue weighted by Gasteiger charge is -2.32. The Labute approximate surface area is 226 Å². The summed E-state index contributed by atoms with van der Waals surface area (Å²) >= 11 is 0. The first-order valence-electron chi connectivity index (χ1n) is 13.0. The van der Waals surface area contributed by atoms with Gasteiger partial charge in [0.05, 0.1) is 10.6 Å². The number of anilines is 1. The maximum absolute atomic E-state index is 13.8. The fourth-order valence-electron chi connectivity index (χ4n) is 4.07. The van der Waals surface area contributed by atoms with Crippen molar-refractivity contribution in [1.82, 2.24) is 10.2 Å². The van der Waals surface area contributed by atoms with Crippen molar-refractivity contribution < 1.29 is 18.0 Å². The summed E-state index contributed by atoms with van der Waals surface area (Å²) in [6.45, 7) is 6.01. The van der Waals surface area contributed by atoms with Crippen molar-refractivity contribution in [1.29, 1.82) is 0 Å². The normalized spacial score (nSPS) is 12.0. The van der Waals surface area contributed by atoms with Crippen LogP contribution in [0.2, 0.25) is 0 Å². The van der Waals surface area contributed by atoms with Crippen molar-refractivity contribution in [2.45, 2.75) is 51.0 Å². The number of carbonyl (C=O) groups is 2. The number of benzene rings is 3. The summed E-state index contributed by atoms with van der Waals surface area (Å²) in [7, 11) is -4.04. The van der Waals surface area contributed by atoms with Gasteiger partial charge in [0.1, 0.15) is 12.6 Å². The highest BCUT2D eigenvalue weighted by atomic mass is 32.2. The molecule has 2 amide bonds. The molecular formula is C30H37N3O4S. The molecule has 1 unspecified atom stereocenters. The van der Waals surface area contributed by atoms with E-state index in [1.807, 2.05) is 56.3 Å². The van der Waals surface area contributed by atoms with E-state index in [-0.39, 0.29) is 17.3 Å². The Kier molecular flexibility index (Phi) is 10.5. The molecule has 0 radical (unpaired) electrons. The van der Waals surface area contributed by atoms with E-state index in [9.17, 15) is 18.0 Å². The second-order valence-electron chi connectivity index (χ2n) is 9.30. The second kappa shape index (κ2) is 13.8. The zero-order chi connectivity index (χ0) is 27.5. The quantitative estimate of drug-likeness (QED) is 0.325. The Hall–Kier alpha value is -3.65. The molecule has 0 aliphatic heterocycles. The molecule has 3 aromatic carbocycles. The van der Waals surface area contributed by atoms with Crippen LogP contribution in [-0.4, -0.2) is 50.8 Å². The molecule has 0 spiro atoms. The predicted molar refractivity (Wildman–Crippen MR) is 151 cm³/mol. The Morgan fingerprint density at radius 1 is 0.895 bits per heavy atom. The van der Waals surface area contributed by atoms with Crippen LogP contribution in [-0.2, 0) is 26.0 Å². The van der Waals surface area contributed by atoms with Gasteiger partial charge >= 0.3 is 0 Å². The molecule has 0 aliphatic rings. The number of carbonyl (C=O) groups excluding carboxylic acids is 2. The first kappa shape index (κ1) is 28.9. The van der Waals surface area contributed by atoms with Gasteiger partial charge in [-0.1, -0.05) is 79.6 Å². The smallest absolute Gasteiger partial charge is 0.264 e. The summed E-state index contributed by atoms with van der Waals surface area (Å²) in [5.74, 6) is -0.702. The molecule has 0 saturated carbocycles. The van der Waals surface area contributed by atoms with E-state index in [1.54, 1.807) is 37.3 Å². The number of nitrogens with zero attached hydrogens (tertiary/aromatic N) is 2. The number of hydrogen-bond donors (Lipinski definition) is 1. The summed E-state index contributed by atoms with van der Waals surface area (Å²) in [6, 6.07) is 24.0. The zero-order valence-corrected chi connectivity index (χ0v) is 23.2. The fourth-order valence-corrected chi connectivity index (χ4v) is 5.50. The number of unbranched alkanes of at least 4 members (excludes halogenated alkanes) is 1. The molecule has 0 heterocycles. The van der Waals surface area contributed by atoms with Gasteiger partial charge in [0.2, 0.25) is 11.8 Å². The highest BCUT2D eigenvalue weighted by Gasteiger charge is 2.32. The highest BCUT2D eigenvalue weighted by Crippen LogP contribution is 2.24. The van der Waals surface area contributed by atoms with Crippen LogP contribution in [0.4, 0.5) is 5.69 Å². The minimum absolute atomic E-state index is 0.0922. The summed E-state index contributed by atoms with van der Waals surface area (Å²) in [5.41, 5.74) is 2.38. The van der Waals surface area contributed by atoms with Crippen molar-refractivity contribution in [2.24, 2.45) is 0 Å². The number of nitrogens with one attached hydrogen (secondary N) is 1. The molecule has 0 fully saturated rings. The number of amides is 2. The van der Waals surface area contributed by atoms with Gasteiger partial charge in [-0.2, -0.15) is 0 Å². The Balaban J connectivity index is 1.92. The maximum Gasteiger partial charge on any atom is 0.264 e. The molecule has 0 aliphatic carbocycles. The standard InChI is InChI=1S/C30H37N3O4S/c1-4-5-21-31-30(35)25(3)32(22-20-26-12-8-6-9-13-26)29(34)23-33(27-18-16-24(2)17-19-27)38(36,37)28-14-10-7-11-15-28/h6-19,25H,4-5,20-23H2,1-3H3,(H,31,35). The molecule has 7 nitrogen and oxygen atoms in total. The van der Waals surface area contributed by atoms with Crippen LogP contribution in [0.5, 0.6) is 0 Å². The highest BCUT2D eigenvalue weighted by molar-refractivity contribution is 7.92. The van der Waals surface area contributed by atoms with E-state index < -0.39 is 28.5 Å². The van der Waals surface area contributed by atoms with Crippen LogP contribution in [0.1, 0.15) is 37.8 Å². The van der Waals surface area contributed by atoms with Crippen LogP contribution >= 0.6 is 0 Å². The topological polar surface area (TPSA) is 86.8 Å². The maximum atomic E-state index is 13.8. The molecule has 0 aromatic heterocycles. The van der Waals surface area contributed by atoms with Gasteiger partial charge in [0.25, 0.3) is 10.0 Å². The number of hydrogen-bond acceptors (Lipinski definition) is 4. The predicted octanol–water partition coefficient (Wildman–Crippen LogP) is 4.57. The first-order valence-corrected chi connectivity index (χ1v) is 14.4. The lowest BCUT2D eigenvalue weighted by molar-refractivity contribution is -0.138. The van der Waals surface area contributed by atoms with Gasteiger partial charge in [-0.25, -0.2) is 8.42 Å². The Morgan fingerprint density at radius 2 is 1.50 bits per heavy atom. The molecule has 38 heavy (non-hydrogen) atoms. The van der Waals surface area contributed by atoms with E-state index in [2.05, 4.69) is 5.32 Å². The second-order valence-corrected chi connectivity index (χ2v) is 11.2. The van der Waals surface area contributed by atoms with Crippen LogP contribution < -0.4 is 9.62 Å². The number of aryl methyl sites for hydroxylation is 1. The third-order valence-electron chi connectivity index (χ3n) is 6.41. The molecule has 202 valence electrons. The fraction of sp³-hybridized carbons (Fsp3) is 0.333. The van der Waals surface area contributed by atoms with E-state index >= 15 is 0 Å². The van der Waals surface area contributed by atoms with Crippen molar-refractivity contribution >= 4 is 27.5 Å². The van der Waals surface area contributed by atoms with Gasteiger partial charge in [0, 0.05) is 13.1 Å². The molecule has 1 atom stereocenters. The Bertz CT molecular complexity index is 1280.